The Morgan fingerprint density at radius 2 is 1.88 bits per heavy atom. The van der Waals surface area contributed by atoms with Crippen molar-refractivity contribution in [2.24, 2.45) is 22.2 Å². The maximum Gasteiger partial charge on any atom is 0.335 e. The zero-order valence-corrected chi connectivity index (χ0v) is 20.0. The molecule has 184 valence electrons. The molecule has 2 fully saturated rings. The summed E-state index contributed by atoms with van der Waals surface area (Å²) in [5, 5.41) is 12.3. The third-order valence-corrected chi connectivity index (χ3v) is 7.66. The maximum atomic E-state index is 13.6. The highest BCUT2D eigenvalue weighted by atomic mass is 16.5. The van der Waals surface area contributed by atoms with Crippen molar-refractivity contribution >= 4 is 17.8 Å². The van der Waals surface area contributed by atoms with Gasteiger partial charge in [-0.05, 0) is 62.3 Å². The lowest BCUT2D eigenvalue weighted by Gasteiger charge is -2.41. The largest absolute Gasteiger partial charge is 0.478 e. The standard InChI is InChI=1S/C27H36N2O5/c1-19(21-7-9-22(10-8-21)25(30)31)29-26(32)27(13-15-33-16-14-27)23-11-12-24(28-17-23)34-18-20-5-3-2-4-6-20/h7-12,19-20,23H,2-6,13-18H2,1H3,(H,29,32)(H,30,31)/t19-,23?/m0/s1. The number of carboxylic acids is 1. The minimum Gasteiger partial charge on any atom is -0.478 e. The van der Waals surface area contributed by atoms with Crippen LogP contribution in [0.5, 0.6) is 0 Å². The van der Waals surface area contributed by atoms with Crippen molar-refractivity contribution in [3.05, 3.63) is 47.5 Å². The van der Waals surface area contributed by atoms with E-state index in [4.69, 9.17) is 19.6 Å². The molecular formula is C27H36N2O5. The normalized spacial score (nSPS) is 23.6. The molecule has 1 aliphatic carbocycles. The number of dihydropyridines is 1. The molecule has 0 spiro atoms. The summed E-state index contributed by atoms with van der Waals surface area (Å²) in [6, 6.07) is 6.41. The van der Waals surface area contributed by atoms with Crippen LogP contribution in [0.1, 0.15) is 73.8 Å². The van der Waals surface area contributed by atoms with E-state index in [0.717, 1.165) is 12.2 Å². The van der Waals surface area contributed by atoms with E-state index in [-0.39, 0.29) is 23.4 Å². The van der Waals surface area contributed by atoms with Crippen molar-refractivity contribution < 1.29 is 24.2 Å². The molecule has 7 heteroatoms. The molecule has 0 radical (unpaired) electrons. The topological polar surface area (TPSA) is 97.2 Å². The summed E-state index contributed by atoms with van der Waals surface area (Å²) in [5.74, 6) is 0.329. The first-order chi connectivity index (χ1) is 16.5. The summed E-state index contributed by atoms with van der Waals surface area (Å²) in [6.45, 7) is 4.28. The number of carbonyl (C=O) groups is 2. The number of aliphatic imine (C=N–C) groups is 1. The number of amides is 1. The van der Waals surface area contributed by atoms with Gasteiger partial charge >= 0.3 is 5.97 Å². The van der Waals surface area contributed by atoms with Gasteiger partial charge in [0.1, 0.15) is 0 Å². The number of carbonyl (C=O) groups excluding carboxylic acids is 1. The molecule has 34 heavy (non-hydrogen) atoms. The van der Waals surface area contributed by atoms with Crippen molar-refractivity contribution in [2.75, 3.05) is 26.4 Å². The van der Waals surface area contributed by atoms with Crippen LogP contribution in [0.4, 0.5) is 0 Å². The smallest absolute Gasteiger partial charge is 0.335 e. The Morgan fingerprint density at radius 1 is 1.18 bits per heavy atom. The van der Waals surface area contributed by atoms with Crippen molar-refractivity contribution in [3.63, 3.8) is 0 Å². The minimum absolute atomic E-state index is 0.00188. The van der Waals surface area contributed by atoms with E-state index in [1.54, 1.807) is 24.3 Å². The first kappa shape index (κ1) is 24.5. The quantitative estimate of drug-likeness (QED) is 0.612. The Balaban J connectivity index is 1.39. The zero-order chi connectivity index (χ0) is 24.0. The molecular weight excluding hydrogens is 432 g/mol. The fourth-order valence-corrected chi connectivity index (χ4v) is 5.35. The van der Waals surface area contributed by atoms with E-state index in [2.05, 4.69) is 11.4 Å². The van der Waals surface area contributed by atoms with E-state index >= 15 is 0 Å². The first-order valence-corrected chi connectivity index (χ1v) is 12.6. The highest BCUT2D eigenvalue weighted by Crippen LogP contribution is 2.41. The van der Waals surface area contributed by atoms with Gasteiger partial charge in [-0.1, -0.05) is 37.5 Å². The second-order valence-corrected chi connectivity index (χ2v) is 9.85. The van der Waals surface area contributed by atoms with E-state index in [0.29, 0.717) is 44.4 Å². The Labute approximate surface area is 201 Å². The van der Waals surface area contributed by atoms with Gasteiger partial charge in [0, 0.05) is 19.1 Å². The highest BCUT2D eigenvalue weighted by molar-refractivity contribution is 5.90. The van der Waals surface area contributed by atoms with Gasteiger partial charge in [-0.25, -0.2) is 4.79 Å². The van der Waals surface area contributed by atoms with Crippen molar-refractivity contribution in [3.8, 4) is 0 Å². The number of benzene rings is 1. The van der Waals surface area contributed by atoms with Gasteiger partial charge in [0.2, 0.25) is 11.8 Å². The SMILES string of the molecule is C[C@H](NC(=O)C1(C2C=CC(OCC3CCCCC3)=NC2)CCOCC1)c1ccc(C(=O)O)cc1. The molecule has 1 amide bonds. The summed E-state index contributed by atoms with van der Waals surface area (Å²) in [6.07, 6.45) is 11.7. The molecule has 2 atom stereocenters. The summed E-state index contributed by atoms with van der Waals surface area (Å²) in [7, 11) is 0. The van der Waals surface area contributed by atoms with Crippen LogP contribution in [0.2, 0.25) is 0 Å². The second kappa shape index (κ2) is 11.2. The fraction of sp³-hybridized carbons (Fsp3) is 0.593. The molecule has 7 nitrogen and oxygen atoms in total. The van der Waals surface area contributed by atoms with E-state index < -0.39 is 11.4 Å². The average Bonchev–Trinajstić information content (AvgIpc) is 2.88. The molecule has 0 aromatic heterocycles. The van der Waals surface area contributed by atoms with Crippen LogP contribution >= 0.6 is 0 Å². The highest BCUT2D eigenvalue weighted by Gasteiger charge is 2.46. The second-order valence-electron chi connectivity index (χ2n) is 9.85. The van der Waals surface area contributed by atoms with Gasteiger partial charge in [-0.2, -0.15) is 0 Å². The van der Waals surface area contributed by atoms with Crippen LogP contribution < -0.4 is 5.32 Å². The number of hydrogen-bond donors (Lipinski definition) is 2. The Hall–Kier alpha value is -2.67. The molecule has 1 unspecified atom stereocenters. The Morgan fingerprint density at radius 3 is 2.50 bits per heavy atom. The third-order valence-electron chi connectivity index (χ3n) is 7.66. The van der Waals surface area contributed by atoms with Gasteiger partial charge in [-0.15, -0.1) is 0 Å². The van der Waals surface area contributed by atoms with Gasteiger partial charge in [0.05, 0.1) is 30.2 Å². The van der Waals surface area contributed by atoms with Crippen molar-refractivity contribution in [2.45, 2.75) is 57.9 Å². The summed E-state index contributed by atoms with van der Waals surface area (Å²) >= 11 is 0. The Bertz CT molecular complexity index is 911. The lowest BCUT2D eigenvalue weighted by atomic mass is 9.68. The zero-order valence-electron chi connectivity index (χ0n) is 20.0. The molecule has 2 heterocycles. The van der Waals surface area contributed by atoms with Crippen LogP contribution in [0.15, 0.2) is 41.4 Å². The van der Waals surface area contributed by atoms with Crippen LogP contribution in [-0.2, 0) is 14.3 Å². The number of nitrogens with zero attached hydrogens (tertiary/aromatic N) is 1. The molecule has 1 saturated carbocycles. The number of rotatable bonds is 7. The predicted molar refractivity (Wildman–Crippen MR) is 130 cm³/mol. The summed E-state index contributed by atoms with van der Waals surface area (Å²) in [4.78, 5) is 29.4. The molecule has 0 bridgehead atoms. The summed E-state index contributed by atoms with van der Waals surface area (Å²) in [5.41, 5.74) is 0.522. The average molecular weight is 469 g/mol. The van der Waals surface area contributed by atoms with E-state index in [1.807, 2.05) is 13.0 Å². The number of aromatic carboxylic acids is 1. The number of hydrogen-bond acceptors (Lipinski definition) is 5. The molecule has 2 aliphatic heterocycles. The summed E-state index contributed by atoms with van der Waals surface area (Å²) < 4.78 is 11.6. The van der Waals surface area contributed by atoms with Crippen LogP contribution in [0.25, 0.3) is 0 Å². The number of ether oxygens (including phenoxy) is 2. The fourth-order valence-electron chi connectivity index (χ4n) is 5.35. The maximum absolute atomic E-state index is 13.6. The molecule has 1 aromatic rings. The molecule has 1 aromatic carbocycles. The predicted octanol–water partition coefficient (Wildman–Crippen LogP) is 4.54. The minimum atomic E-state index is -0.962. The van der Waals surface area contributed by atoms with Crippen molar-refractivity contribution in [1.82, 2.24) is 5.32 Å². The van der Waals surface area contributed by atoms with Gasteiger partial charge in [-0.3, -0.25) is 9.79 Å². The van der Waals surface area contributed by atoms with Gasteiger partial charge in [0.15, 0.2) is 0 Å². The lowest BCUT2D eigenvalue weighted by Crippen LogP contribution is -2.50. The third kappa shape index (κ3) is 5.69. The van der Waals surface area contributed by atoms with E-state index in [9.17, 15) is 9.59 Å². The van der Waals surface area contributed by atoms with Gasteiger partial charge < -0.3 is 19.9 Å². The number of nitrogens with one attached hydrogen (secondary N) is 1. The molecule has 1 saturated heterocycles. The molecule has 2 N–H and O–H groups in total. The van der Waals surface area contributed by atoms with Crippen LogP contribution in [0, 0.1) is 17.3 Å². The van der Waals surface area contributed by atoms with E-state index in [1.165, 1.54) is 32.1 Å². The Kier molecular flexibility index (Phi) is 8.03. The first-order valence-electron chi connectivity index (χ1n) is 12.6. The van der Waals surface area contributed by atoms with Crippen LogP contribution in [-0.4, -0.2) is 49.2 Å². The van der Waals surface area contributed by atoms with Crippen LogP contribution in [0.3, 0.4) is 0 Å². The van der Waals surface area contributed by atoms with Crippen molar-refractivity contribution in [1.29, 1.82) is 0 Å². The lowest BCUT2D eigenvalue weighted by molar-refractivity contribution is -0.140. The monoisotopic (exact) mass is 468 g/mol. The number of carboxylic acid groups (broad SMARTS) is 1. The molecule has 4 rings (SSSR count). The van der Waals surface area contributed by atoms with Gasteiger partial charge in [0.25, 0.3) is 0 Å². The molecule has 3 aliphatic rings.